The fraction of sp³-hybridized carbons (Fsp3) is 0.727. The van der Waals surface area contributed by atoms with E-state index >= 15 is 0 Å². The first-order valence-corrected chi connectivity index (χ1v) is 5.56. The molecule has 0 aliphatic heterocycles. The Kier molecular flexibility index (Phi) is 6.93. The van der Waals surface area contributed by atoms with Gasteiger partial charge in [-0.3, -0.25) is 14.4 Å². The van der Waals surface area contributed by atoms with Gasteiger partial charge in [0.25, 0.3) is 0 Å². The zero-order valence-corrected chi connectivity index (χ0v) is 10.4. The van der Waals surface area contributed by atoms with E-state index in [1.807, 2.05) is 13.8 Å². The van der Waals surface area contributed by atoms with Crippen molar-refractivity contribution < 1.29 is 19.5 Å². The molecule has 0 aromatic rings. The molecule has 0 rings (SSSR count). The van der Waals surface area contributed by atoms with Crippen molar-refractivity contribution in [1.82, 2.24) is 10.6 Å². The number of hydrogen-bond acceptors (Lipinski definition) is 3. The molecule has 0 saturated carbocycles. The molecule has 3 N–H and O–H groups in total. The van der Waals surface area contributed by atoms with E-state index in [-0.39, 0.29) is 30.8 Å². The number of carbonyl (C=O) groups is 3. The average Bonchev–Trinajstić information content (AvgIpc) is 2.20. The van der Waals surface area contributed by atoms with Crippen LogP contribution in [0.5, 0.6) is 0 Å². The highest BCUT2D eigenvalue weighted by atomic mass is 16.4. The maximum atomic E-state index is 11.2. The van der Waals surface area contributed by atoms with Gasteiger partial charge in [-0.15, -0.1) is 0 Å². The summed E-state index contributed by atoms with van der Waals surface area (Å²) in [7, 11) is 0. The van der Waals surface area contributed by atoms with E-state index in [0.717, 1.165) is 0 Å². The Balaban J connectivity index is 3.99. The van der Waals surface area contributed by atoms with Crippen LogP contribution in [-0.2, 0) is 14.4 Å². The zero-order valence-electron chi connectivity index (χ0n) is 10.4. The van der Waals surface area contributed by atoms with Gasteiger partial charge in [-0.1, -0.05) is 13.8 Å². The molecule has 0 heterocycles. The van der Waals surface area contributed by atoms with Crippen molar-refractivity contribution in [2.75, 3.05) is 13.1 Å². The number of amides is 2. The van der Waals surface area contributed by atoms with Crippen molar-refractivity contribution in [3.63, 3.8) is 0 Å². The molecule has 0 spiro atoms. The van der Waals surface area contributed by atoms with Crippen LogP contribution in [0.1, 0.15) is 27.2 Å². The summed E-state index contributed by atoms with van der Waals surface area (Å²) < 4.78 is 0. The summed E-state index contributed by atoms with van der Waals surface area (Å²) in [6.45, 7) is 5.13. The molecule has 98 valence electrons. The van der Waals surface area contributed by atoms with Crippen LogP contribution in [0.25, 0.3) is 0 Å². The maximum Gasteiger partial charge on any atom is 0.308 e. The Morgan fingerprint density at radius 1 is 1.18 bits per heavy atom. The summed E-state index contributed by atoms with van der Waals surface area (Å²) in [6.07, 6.45) is 0.510. The number of hydrogen-bond donors (Lipinski definition) is 3. The second kappa shape index (κ2) is 7.65. The normalized spacial score (nSPS) is 12.0. The predicted octanol–water partition coefficient (Wildman–Crippen LogP) is -0.0144. The van der Waals surface area contributed by atoms with Crippen LogP contribution in [-0.4, -0.2) is 36.0 Å². The minimum absolute atomic E-state index is 0.0892. The first-order chi connectivity index (χ1) is 7.82. The molecule has 0 bridgehead atoms. The zero-order chi connectivity index (χ0) is 13.4. The second-order valence-corrected chi connectivity index (χ2v) is 4.38. The molecule has 0 aliphatic rings. The van der Waals surface area contributed by atoms with E-state index < -0.39 is 11.9 Å². The van der Waals surface area contributed by atoms with Gasteiger partial charge in [-0.25, -0.2) is 0 Å². The number of aliphatic carboxylic acids is 1. The fourth-order valence-electron chi connectivity index (χ4n) is 1.34. The van der Waals surface area contributed by atoms with Crippen LogP contribution in [0.4, 0.5) is 0 Å². The van der Waals surface area contributed by atoms with Crippen LogP contribution in [0, 0.1) is 11.8 Å². The van der Waals surface area contributed by atoms with E-state index in [1.165, 1.54) is 6.92 Å². The molecule has 1 unspecified atom stereocenters. The minimum atomic E-state index is -0.918. The number of carboxylic acid groups (broad SMARTS) is 1. The quantitative estimate of drug-likeness (QED) is 0.586. The van der Waals surface area contributed by atoms with Crippen LogP contribution in [0.3, 0.4) is 0 Å². The van der Waals surface area contributed by atoms with E-state index in [1.54, 1.807) is 0 Å². The lowest BCUT2D eigenvalue weighted by Crippen LogP contribution is -2.39. The van der Waals surface area contributed by atoms with Gasteiger partial charge in [0.2, 0.25) is 11.8 Å². The van der Waals surface area contributed by atoms with Crippen LogP contribution in [0.2, 0.25) is 0 Å². The Morgan fingerprint density at radius 3 is 2.18 bits per heavy atom. The summed E-state index contributed by atoms with van der Waals surface area (Å²) >= 11 is 0. The lowest BCUT2D eigenvalue weighted by molar-refractivity contribution is -0.142. The highest BCUT2D eigenvalue weighted by Gasteiger charge is 2.19. The van der Waals surface area contributed by atoms with Crippen LogP contribution >= 0.6 is 0 Å². The summed E-state index contributed by atoms with van der Waals surface area (Å²) in [4.78, 5) is 32.7. The summed E-state index contributed by atoms with van der Waals surface area (Å²) in [5.41, 5.74) is 0. The Hall–Kier alpha value is -1.59. The standard InChI is InChI=1S/C11H20N2O4/c1-7(2)4-9(11(16)17)5-13-10(15)6-12-8(3)14/h7,9H,4-6H2,1-3H3,(H,12,14)(H,13,15)(H,16,17). The largest absolute Gasteiger partial charge is 0.481 e. The van der Waals surface area contributed by atoms with Gasteiger partial charge in [0.1, 0.15) is 0 Å². The van der Waals surface area contributed by atoms with Crippen LogP contribution in [0.15, 0.2) is 0 Å². The monoisotopic (exact) mass is 244 g/mol. The number of carboxylic acids is 1. The second-order valence-electron chi connectivity index (χ2n) is 4.38. The highest BCUT2D eigenvalue weighted by molar-refractivity contribution is 5.83. The third-order valence-electron chi connectivity index (χ3n) is 2.15. The van der Waals surface area contributed by atoms with Crippen LogP contribution < -0.4 is 10.6 Å². The molecule has 6 heteroatoms. The number of nitrogens with one attached hydrogen (secondary N) is 2. The molecule has 1 atom stereocenters. The lowest BCUT2D eigenvalue weighted by atomic mass is 9.97. The van der Waals surface area contributed by atoms with Gasteiger partial charge in [0, 0.05) is 13.5 Å². The van der Waals surface area contributed by atoms with Crippen molar-refractivity contribution in [1.29, 1.82) is 0 Å². The highest BCUT2D eigenvalue weighted by Crippen LogP contribution is 2.10. The van der Waals surface area contributed by atoms with Crippen molar-refractivity contribution in [2.24, 2.45) is 11.8 Å². The van der Waals surface area contributed by atoms with E-state index in [4.69, 9.17) is 5.11 Å². The van der Waals surface area contributed by atoms with E-state index in [0.29, 0.717) is 6.42 Å². The summed E-state index contributed by atoms with van der Waals surface area (Å²) in [6, 6.07) is 0. The van der Waals surface area contributed by atoms with Gasteiger partial charge in [0.05, 0.1) is 12.5 Å². The van der Waals surface area contributed by atoms with Gasteiger partial charge in [-0.2, -0.15) is 0 Å². The maximum absolute atomic E-state index is 11.2. The van der Waals surface area contributed by atoms with Gasteiger partial charge >= 0.3 is 5.97 Å². The summed E-state index contributed by atoms with van der Waals surface area (Å²) in [5.74, 6) is -1.93. The third-order valence-corrected chi connectivity index (χ3v) is 2.15. The average molecular weight is 244 g/mol. The van der Waals surface area contributed by atoms with E-state index in [9.17, 15) is 14.4 Å². The molecule has 2 amide bonds. The fourth-order valence-corrected chi connectivity index (χ4v) is 1.34. The number of rotatable bonds is 7. The molecule has 0 aromatic carbocycles. The molecule has 0 aromatic heterocycles. The molecule has 0 radical (unpaired) electrons. The predicted molar refractivity (Wildman–Crippen MR) is 62.3 cm³/mol. The Labute approximate surface area is 101 Å². The van der Waals surface area contributed by atoms with E-state index in [2.05, 4.69) is 10.6 Å². The topological polar surface area (TPSA) is 95.5 Å². The van der Waals surface area contributed by atoms with Gasteiger partial charge < -0.3 is 15.7 Å². The molecule has 0 aliphatic carbocycles. The van der Waals surface area contributed by atoms with Crippen molar-refractivity contribution in [3.8, 4) is 0 Å². The van der Waals surface area contributed by atoms with Crippen molar-refractivity contribution in [2.45, 2.75) is 27.2 Å². The Morgan fingerprint density at radius 2 is 1.76 bits per heavy atom. The van der Waals surface area contributed by atoms with Crippen molar-refractivity contribution in [3.05, 3.63) is 0 Å². The molecular weight excluding hydrogens is 224 g/mol. The first-order valence-electron chi connectivity index (χ1n) is 5.56. The SMILES string of the molecule is CC(=O)NCC(=O)NCC(CC(C)C)C(=O)O. The van der Waals surface area contributed by atoms with Gasteiger partial charge in [-0.05, 0) is 12.3 Å². The molecule has 0 fully saturated rings. The first kappa shape index (κ1) is 15.4. The van der Waals surface area contributed by atoms with Gasteiger partial charge in [0.15, 0.2) is 0 Å². The van der Waals surface area contributed by atoms with Crippen molar-refractivity contribution >= 4 is 17.8 Å². The smallest absolute Gasteiger partial charge is 0.308 e. The number of carbonyl (C=O) groups excluding carboxylic acids is 2. The lowest BCUT2D eigenvalue weighted by Gasteiger charge is -2.15. The third kappa shape index (κ3) is 8.24. The molecule has 0 saturated heterocycles. The summed E-state index contributed by atoms with van der Waals surface area (Å²) in [5, 5.41) is 13.8. The molecular formula is C11H20N2O4. The molecule has 6 nitrogen and oxygen atoms in total. The minimum Gasteiger partial charge on any atom is -0.481 e. The molecule has 17 heavy (non-hydrogen) atoms. The Bertz CT molecular complexity index is 289.